The van der Waals surface area contributed by atoms with Crippen LogP contribution in [-0.2, 0) is 0 Å². The van der Waals surface area contributed by atoms with E-state index in [1.165, 1.54) is 12.1 Å². The number of anilines is 5. The van der Waals surface area contributed by atoms with Crippen molar-refractivity contribution in [3.05, 3.63) is 53.1 Å². The Morgan fingerprint density at radius 3 is 1.93 bits per heavy atom. The van der Waals surface area contributed by atoms with Crippen molar-refractivity contribution in [2.24, 2.45) is 22.9 Å². The highest BCUT2D eigenvalue weighted by molar-refractivity contribution is 6.31. The van der Waals surface area contributed by atoms with Gasteiger partial charge in [0.1, 0.15) is 5.75 Å². The third kappa shape index (κ3) is 6.69. The largest absolute Gasteiger partial charge is 0.507 e. The van der Waals surface area contributed by atoms with Gasteiger partial charge in [0.05, 0.1) is 5.56 Å². The number of hydrogen-bond donors (Lipinski definition) is 7. The number of piperidine rings is 2. The number of halogens is 1. The molecule has 0 bridgehead atoms. The van der Waals surface area contributed by atoms with Gasteiger partial charge in [-0.1, -0.05) is 17.7 Å². The number of carbonyl (C=O) groups is 1. The molecule has 3 aromatic rings. The lowest BCUT2D eigenvalue weighted by atomic mass is 10.0. The van der Waals surface area contributed by atoms with Crippen molar-refractivity contribution >= 4 is 46.7 Å². The summed E-state index contributed by atoms with van der Waals surface area (Å²) < 4.78 is 0. The molecule has 5 rings (SSSR count). The molecule has 0 aliphatic carbocycles. The van der Waals surface area contributed by atoms with Crippen LogP contribution in [0, 0.1) is 0 Å². The molecule has 13 nitrogen and oxygen atoms in total. The molecule has 1 amide bonds. The molecule has 0 saturated carbocycles. The lowest BCUT2D eigenvalue weighted by molar-refractivity contribution is 0.102. The fourth-order valence-corrected chi connectivity index (χ4v) is 5.26. The van der Waals surface area contributed by atoms with E-state index in [2.05, 4.69) is 20.6 Å². The van der Waals surface area contributed by atoms with Gasteiger partial charge in [-0.05, 0) is 43.2 Å². The molecular formula is C26H34ClN11O2. The minimum Gasteiger partial charge on any atom is -0.507 e. The molecule has 2 aliphatic heterocycles. The molecule has 0 spiro atoms. The summed E-state index contributed by atoms with van der Waals surface area (Å²) >= 11 is 6.00. The third-order valence-electron chi connectivity index (χ3n) is 6.79. The van der Waals surface area contributed by atoms with Gasteiger partial charge in [-0.15, -0.1) is 0 Å². The molecule has 2 saturated heterocycles. The maximum absolute atomic E-state index is 12.7. The first-order valence-electron chi connectivity index (χ1n) is 13.1. The SMILES string of the molecule is N[C@@H]1C[C@H](N)CN(c2nc(Nc3ccc(C(=O)Nc4cccc(Cl)c4)c(O)c3)nc(N3C[C@H](N)C[C@H](N)C3)n2)C1. The van der Waals surface area contributed by atoms with Crippen LogP contribution < -0.4 is 43.4 Å². The maximum atomic E-state index is 12.7. The molecule has 11 N–H and O–H groups in total. The summed E-state index contributed by atoms with van der Waals surface area (Å²) in [7, 11) is 0. The average Bonchev–Trinajstić information content (AvgIpc) is 2.87. The minimum atomic E-state index is -0.480. The first-order valence-corrected chi connectivity index (χ1v) is 13.5. The van der Waals surface area contributed by atoms with E-state index in [1.54, 1.807) is 30.3 Å². The number of nitrogens with zero attached hydrogens (tertiary/aromatic N) is 5. The van der Waals surface area contributed by atoms with Crippen molar-refractivity contribution in [3.8, 4) is 5.75 Å². The Morgan fingerprint density at radius 1 is 0.825 bits per heavy atom. The molecule has 212 valence electrons. The zero-order valence-corrected chi connectivity index (χ0v) is 22.6. The molecule has 40 heavy (non-hydrogen) atoms. The van der Waals surface area contributed by atoms with Crippen LogP contribution in [0.3, 0.4) is 0 Å². The van der Waals surface area contributed by atoms with E-state index in [1.807, 2.05) is 9.80 Å². The molecule has 3 heterocycles. The number of phenolic OH excluding ortho intramolecular Hbond substituents is 1. The second-order valence-corrected chi connectivity index (χ2v) is 10.8. The molecule has 0 radical (unpaired) electrons. The van der Waals surface area contributed by atoms with Crippen LogP contribution in [0.5, 0.6) is 5.75 Å². The van der Waals surface area contributed by atoms with E-state index >= 15 is 0 Å². The number of nitrogens with one attached hydrogen (secondary N) is 2. The average molecular weight is 568 g/mol. The van der Waals surface area contributed by atoms with E-state index in [0.717, 1.165) is 0 Å². The number of carbonyl (C=O) groups excluding carboxylic acids is 1. The number of amides is 1. The zero-order valence-electron chi connectivity index (χ0n) is 21.9. The van der Waals surface area contributed by atoms with Gasteiger partial charge in [0, 0.05) is 72.8 Å². The number of hydrogen-bond acceptors (Lipinski definition) is 12. The molecule has 2 aromatic carbocycles. The van der Waals surface area contributed by atoms with Crippen molar-refractivity contribution in [1.29, 1.82) is 0 Å². The van der Waals surface area contributed by atoms with Crippen molar-refractivity contribution in [3.63, 3.8) is 0 Å². The predicted octanol–water partition coefficient (Wildman–Crippen LogP) is 0.956. The number of benzene rings is 2. The van der Waals surface area contributed by atoms with Gasteiger partial charge in [-0.25, -0.2) is 0 Å². The van der Waals surface area contributed by atoms with Gasteiger partial charge in [-0.2, -0.15) is 15.0 Å². The Morgan fingerprint density at radius 2 is 1.40 bits per heavy atom. The van der Waals surface area contributed by atoms with Gasteiger partial charge < -0.3 is 48.5 Å². The van der Waals surface area contributed by atoms with E-state index in [9.17, 15) is 9.90 Å². The van der Waals surface area contributed by atoms with Crippen LogP contribution in [0.4, 0.5) is 29.2 Å². The molecule has 1 aromatic heterocycles. The topological polar surface area (TPSA) is 211 Å². The predicted molar refractivity (Wildman–Crippen MR) is 156 cm³/mol. The van der Waals surface area contributed by atoms with Crippen molar-refractivity contribution in [1.82, 2.24) is 15.0 Å². The molecule has 14 heteroatoms. The summed E-state index contributed by atoms with van der Waals surface area (Å²) in [5, 5.41) is 17.0. The Kier molecular flexibility index (Phi) is 8.19. The second-order valence-electron chi connectivity index (χ2n) is 10.4. The Bertz CT molecular complexity index is 1310. The standard InChI is InChI=1S/C26H34ClN11O2/c27-14-2-1-3-19(6-14)32-23(40)21-5-4-20(9-22(21)39)33-24-34-25(37-10-15(28)7-16(29)11-37)36-26(35-24)38-12-17(30)8-18(31)13-38/h1-6,9,15-18,39H,7-8,10-13,28-31H2,(H,32,40)(H,33,34,35,36)/t15-,16+,17-,18+. The normalized spacial score (nSPS) is 23.1. The Balaban J connectivity index is 1.40. The second kappa shape index (κ2) is 11.8. The number of aromatic nitrogens is 3. The highest BCUT2D eigenvalue weighted by Crippen LogP contribution is 2.27. The van der Waals surface area contributed by atoms with Crippen molar-refractivity contribution < 1.29 is 9.90 Å². The summed E-state index contributed by atoms with van der Waals surface area (Å²) in [4.78, 5) is 30.6. The smallest absolute Gasteiger partial charge is 0.259 e. The Hall–Kier alpha value is -3.75. The third-order valence-corrected chi connectivity index (χ3v) is 7.02. The van der Waals surface area contributed by atoms with Crippen LogP contribution in [0.2, 0.25) is 5.02 Å². The molecule has 2 aliphatic rings. The first kappa shape index (κ1) is 27.8. The zero-order chi connectivity index (χ0) is 28.4. The van der Waals surface area contributed by atoms with Gasteiger partial charge >= 0.3 is 0 Å². The van der Waals surface area contributed by atoms with Crippen molar-refractivity contribution in [2.45, 2.75) is 37.0 Å². The summed E-state index contributed by atoms with van der Waals surface area (Å²) in [6.07, 6.45) is 1.43. The lowest BCUT2D eigenvalue weighted by Crippen LogP contribution is -2.54. The lowest BCUT2D eigenvalue weighted by Gasteiger charge is -2.37. The highest BCUT2D eigenvalue weighted by atomic mass is 35.5. The van der Waals surface area contributed by atoms with Gasteiger partial charge in [0.2, 0.25) is 17.8 Å². The van der Waals surface area contributed by atoms with Gasteiger partial charge in [0.15, 0.2) is 0 Å². The van der Waals surface area contributed by atoms with E-state index in [4.69, 9.17) is 39.5 Å². The molecule has 2 fully saturated rings. The fraction of sp³-hybridized carbons (Fsp3) is 0.385. The number of aromatic hydroxyl groups is 1. The molecule has 4 atom stereocenters. The number of nitrogens with two attached hydrogens (primary N) is 4. The van der Waals surface area contributed by atoms with E-state index < -0.39 is 5.91 Å². The number of phenols is 1. The van der Waals surface area contributed by atoms with Crippen LogP contribution in [0.25, 0.3) is 0 Å². The summed E-state index contributed by atoms with van der Waals surface area (Å²) in [5.74, 6) is 0.391. The summed E-state index contributed by atoms with van der Waals surface area (Å²) in [6.45, 7) is 2.19. The summed E-state index contributed by atoms with van der Waals surface area (Å²) in [6, 6.07) is 10.9. The highest BCUT2D eigenvalue weighted by Gasteiger charge is 2.29. The van der Waals surface area contributed by atoms with Crippen LogP contribution in [0.15, 0.2) is 42.5 Å². The van der Waals surface area contributed by atoms with Gasteiger partial charge in [-0.3, -0.25) is 4.79 Å². The quantitative estimate of drug-likeness (QED) is 0.222. The summed E-state index contributed by atoms with van der Waals surface area (Å²) in [5.41, 5.74) is 26.0. The Labute approximate surface area is 236 Å². The maximum Gasteiger partial charge on any atom is 0.259 e. The van der Waals surface area contributed by atoms with E-state index in [-0.39, 0.29) is 41.4 Å². The number of rotatable bonds is 6. The minimum absolute atomic E-state index is 0.0927. The first-order chi connectivity index (χ1) is 19.1. The monoisotopic (exact) mass is 567 g/mol. The van der Waals surface area contributed by atoms with Crippen molar-refractivity contribution in [2.75, 3.05) is 46.6 Å². The van der Waals surface area contributed by atoms with Crippen LogP contribution >= 0.6 is 11.6 Å². The van der Waals surface area contributed by atoms with Crippen LogP contribution in [-0.4, -0.2) is 76.3 Å². The fourth-order valence-electron chi connectivity index (χ4n) is 5.07. The van der Waals surface area contributed by atoms with Crippen LogP contribution in [0.1, 0.15) is 23.2 Å². The molecular weight excluding hydrogens is 534 g/mol. The van der Waals surface area contributed by atoms with Gasteiger partial charge in [0.25, 0.3) is 5.91 Å². The molecule has 0 unspecified atom stereocenters. The van der Waals surface area contributed by atoms with E-state index in [0.29, 0.717) is 67.3 Å².